The molecule has 1 amide bonds. The van der Waals surface area contributed by atoms with Crippen LogP contribution in [0.3, 0.4) is 0 Å². The lowest BCUT2D eigenvalue weighted by Crippen LogP contribution is -2.31. The SMILES string of the molecule is O=C(CCCOc1ccc(F)cc1F)NCC(C(=O)O)c1ccc(F)cc1. The number of carbonyl (C=O) groups excluding carboxylic acids is 1. The van der Waals surface area contributed by atoms with Crippen LogP contribution in [0.1, 0.15) is 24.3 Å². The summed E-state index contributed by atoms with van der Waals surface area (Å²) in [6, 6.07) is 7.93. The molecule has 27 heavy (non-hydrogen) atoms. The van der Waals surface area contributed by atoms with Crippen molar-refractivity contribution in [2.75, 3.05) is 13.2 Å². The average Bonchev–Trinajstić information content (AvgIpc) is 2.61. The van der Waals surface area contributed by atoms with Crippen molar-refractivity contribution < 1.29 is 32.6 Å². The highest BCUT2D eigenvalue weighted by Crippen LogP contribution is 2.18. The van der Waals surface area contributed by atoms with Gasteiger partial charge < -0.3 is 15.2 Å². The first-order valence-electron chi connectivity index (χ1n) is 8.19. The Kier molecular flexibility index (Phi) is 7.22. The van der Waals surface area contributed by atoms with Gasteiger partial charge in [-0.3, -0.25) is 9.59 Å². The zero-order chi connectivity index (χ0) is 19.8. The molecular weight excluding hydrogens is 363 g/mol. The highest BCUT2D eigenvalue weighted by atomic mass is 19.1. The fourth-order valence-corrected chi connectivity index (χ4v) is 2.35. The maximum absolute atomic E-state index is 13.4. The van der Waals surface area contributed by atoms with Gasteiger partial charge in [0.1, 0.15) is 11.6 Å². The molecule has 5 nitrogen and oxygen atoms in total. The zero-order valence-electron chi connectivity index (χ0n) is 14.3. The topological polar surface area (TPSA) is 75.6 Å². The molecule has 0 aromatic heterocycles. The number of aliphatic carboxylic acids is 1. The molecule has 8 heteroatoms. The van der Waals surface area contributed by atoms with Crippen molar-refractivity contribution in [1.82, 2.24) is 5.32 Å². The Hall–Kier alpha value is -3.03. The van der Waals surface area contributed by atoms with Gasteiger partial charge in [0, 0.05) is 19.0 Å². The van der Waals surface area contributed by atoms with E-state index in [1.165, 1.54) is 12.1 Å². The molecular formula is C19H18F3NO4. The molecule has 0 fully saturated rings. The minimum Gasteiger partial charge on any atom is -0.491 e. The fourth-order valence-electron chi connectivity index (χ4n) is 2.35. The molecule has 2 N–H and O–H groups in total. The van der Waals surface area contributed by atoms with Gasteiger partial charge in [-0.25, -0.2) is 13.2 Å². The second kappa shape index (κ2) is 9.61. The monoisotopic (exact) mass is 381 g/mol. The molecule has 0 spiro atoms. The van der Waals surface area contributed by atoms with Crippen LogP contribution < -0.4 is 10.1 Å². The highest BCUT2D eigenvalue weighted by molar-refractivity contribution is 5.79. The van der Waals surface area contributed by atoms with Crippen molar-refractivity contribution in [3.8, 4) is 5.75 Å². The molecule has 0 radical (unpaired) electrons. The van der Waals surface area contributed by atoms with Gasteiger partial charge in [0.05, 0.1) is 12.5 Å². The van der Waals surface area contributed by atoms with Crippen LogP contribution in [-0.2, 0) is 9.59 Å². The first-order valence-corrected chi connectivity index (χ1v) is 8.19. The molecule has 1 atom stereocenters. The number of benzene rings is 2. The minimum atomic E-state index is -1.14. The smallest absolute Gasteiger partial charge is 0.312 e. The summed E-state index contributed by atoms with van der Waals surface area (Å²) in [5.41, 5.74) is 0.374. The second-order valence-electron chi connectivity index (χ2n) is 5.77. The van der Waals surface area contributed by atoms with Crippen molar-refractivity contribution in [2.45, 2.75) is 18.8 Å². The van der Waals surface area contributed by atoms with Crippen LogP contribution in [0, 0.1) is 17.5 Å². The molecule has 0 aliphatic carbocycles. The van der Waals surface area contributed by atoms with E-state index in [1.807, 2.05) is 0 Å². The quantitative estimate of drug-likeness (QED) is 0.654. The number of carbonyl (C=O) groups is 2. The average molecular weight is 381 g/mol. The van der Waals surface area contributed by atoms with E-state index in [-0.39, 0.29) is 31.7 Å². The van der Waals surface area contributed by atoms with Crippen molar-refractivity contribution in [1.29, 1.82) is 0 Å². The predicted molar refractivity (Wildman–Crippen MR) is 90.9 cm³/mol. The maximum atomic E-state index is 13.4. The number of hydrogen-bond donors (Lipinski definition) is 2. The molecule has 0 saturated carbocycles. The Balaban J connectivity index is 1.75. The Morgan fingerprint density at radius 3 is 2.33 bits per heavy atom. The van der Waals surface area contributed by atoms with Crippen LogP contribution in [-0.4, -0.2) is 30.1 Å². The molecule has 0 bridgehead atoms. The maximum Gasteiger partial charge on any atom is 0.312 e. The van der Waals surface area contributed by atoms with Gasteiger partial charge in [-0.05, 0) is 36.2 Å². The van der Waals surface area contributed by atoms with Crippen molar-refractivity contribution >= 4 is 11.9 Å². The first-order chi connectivity index (χ1) is 12.9. The third-order valence-corrected chi connectivity index (χ3v) is 3.77. The Bertz CT molecular complexity index is 796. The van der Waals surface area contributed by atoms with Crippen LogP contribution in [0.15, 0.2) is 42.5 Å². The molecule has 144 valence electrons. The molecule has 0 aliphatic rings. The van der Waals surface area contributed by atoms with E-state index in [0.29, 0.717) is 11.6 Å². The van der Waals surface area contributed by atoms with Crippen LogP contribution >= 0.6 is 0 Å². The van der Waals surface area contributed by atoms with E-state index >= 15 is 0 Å². The third kappa shape index (κ3) is 6.32. The van der Waals surface area contributed by atoms with Crippen molar-refractivity contribution in [3.63, 3.8) is 0 Å². The number of amides is 1. The third-order valence-electron chi connectivity index (χ3n) is 3.77. The highest BCUT2D eigenvalue weighted by Gasteiger charge is 2.20. The van der Waals surface area contributed by atoms with E-state index in [0.717, 1.165) is 24.3 Å². The molecule has 2 rings (SSSR count). The van der Waals surface area contributed by atoms with Crippen LogP contribution in [0.2, 0.25) is 0 Å². The number of carboxylic acid groups (broad SMARTS) is 1. The number of ether oxygens (including phenoxy) is 1. The second-order valence-corrected chi connectivity index (χ2v) is 5.77. The zero-order valence-corrected chi connectivity index (χ0v) is 14.3. The fraction of sp³-hybridized carbons (Fsp3) is 0.263. The largest absolute Gasteiger partial charge is 0.491 e. The predicted octanol–water partition coefficient (Wildman–Crippen LogP) is 3.25. The van der Waals surface area contributed by atoms with Crippen LogP contribution in [0.5, 0.6) is 5.75 Å². The summed E-state index contributed by atoms with van der Waals surface area (Å²) in [5, 5.41) is 11.8. The van der Waals surface area contributed by atoms with Crippen molar-refractivity contribution in [2.24, 2.45) is 0 Å². The van der Waals surface area contributed by atoms with Gasteiger partial charge >= 0.3 is 5.97 Å². The summed E-state index contributed by atoms with van der Waals surface area (Å²) >= 11 is 0. The van der Waals surface area contributed by atoms with E-state index in [1.54, 1.807) is 0 Å². The number of hydrogen-bond acceptors (Lipinski definition) is 3. The summed E-state index contributed by atoms with van der Waals surface area (Å²) in [7, 11) is 0. The molecule has 2 aromatic carbocycles. The van der Waals surface area contributed by atoms with E-state index in [2.05, 4.69) is 5.32 Å². The van der Waals surface area contributed by atoms with Gasteiger partial charge in [-0.15, -0.1) is 0 Å². The van der Waals surface area contributed by atoms with Gasteiger partial charge in [0.15, 0.2) is 11.6 Å². The van der Waals surface area contributed by atoms with E-state index < -0.39 is 35.2 Å². The number of rotatable bonds is 9. The van der Waals surface area contributed by atoms with E-state index in [9.17, 15) is 27.9 Å². The van der Waals surface area contributed by atoms with Crippen LogP contribution in [0.25, 0.3) is 0 Å². The van der Waals surface area contributed by atoms with Gasteiger partial charge in [-0.1, -0.05) is 12.1 Å². The summed E-state index contributed by atoms with van der Waals surface area (Å²) < 4.78 is 44.2. The Morgan fingerprint density at radius 2 is 1.70 bits per heavy atom. The lowest BCUT2D eigenvalue weighted by Gasteiger charge is -2.14. The molecule has 1 unspecified atom stereocenters. The summed E-state index contributed by atoms with van der Waals surface area (Å²) in [5.74, 6) is -4.68. The molecule has 2 aromatic rings. The lowest BCUT2D eigenvalue weighted by atomic mass is 9.99. The summed E-state index contributed by atoms with van der Waals surface area (Å²) in [6.07, 6.45) is 0.301. The lowest BCUT2D eigenvalue weighted by molar-refractivity contribution is -0.138. The molecule has 0 heterocycles. The van der Waals surface area contributed by atoms with Crippen LogP contribution in [0.4, 0.5) is 13.2 Å². The number of nitrogens with one attached hydrogen (secondary N) is 1. The summed E-state index contributed by atoms with van der Waals surface area (Å²) in [4.78, 5) is 23.2. The Labute approximate surface area is 153 Å². The van der Waals surface area contributed by atoms with E-state index in [4.69, 9.17) is 4.74 Å². The van der Waals surface area contributed by atoms with Crippen molar-refractivity contribution in [3.05, 3.63) is 65.5 Å². The van der Waals surface area contributed by atoms with Gasteiger partial charge in [0.2, 0.25) is 5.91 Å². The molecule has 0 aliphatic heterocycles. The summed E-state index contributed by atoms with van der Waals surface area (Å²) in [6.45, 7) is -0.108. The van der Waals surface area contributed by atoms with Gasteiger partial charge in [0.25, 0.3) is 0 Å². The minimum absolute atomic E-state index is 0.0380. The van der Waals surface area contributed by atoms with Gasteiger partial charge in [-0.2, -0.15) is 0 Å². The number of halogens is 3. The standard InChI is InChI=1S/C19H18F3NO4/c20-13-5-3-12(4-6-13)15(19(25)26)11-23-18(24)2-1-9-27-17-8-7-14(21)10-16(17)22/h3-8,10,15H,1-2,9,11H2,(H,23,24)(H,25,26). The normalized spacial score (nSPS) is 11.7. The number of carboxylic acids is 1. The molecule has 0 saturated heterocycles. The first kappa shape index (κ1) is 20.3. The Morgan fingerprint density at radius 1 is 1.04 bits per heavy atom.